The maximum Gasteiger partial charge on any atom is 0.0497 e. The summed E-state index contributed by atoms with van der Waals surface area (Å²) in [5.41, 5.74) is 9.75. The molecule has 1 heterocycles. The molecule has 1 nitrogen and oxygen atoms in total. The van der Waals surface area contributed by atoms with Gasteiger partial charge in [0, 0.05) is 23.5 Å². The zero-order chi connectivity index (χ0) is 20.1. The predicted octanol–water partition coefficient (Wildman–Crippen LogP) is 7.66. The Kier molecular flexibility index (Phi) is 4.38. The van der Waals surface area contributed by atoms with E-state index in [2.05, 4.69) is 113 Å². The van der Waals surface area contributed by atoms with Crippen LogP contribution < -0.4 is 4.90 Å². The fraction of sp³-hybridized carbons (Fsp3) is 0.333. The molecule has 0 N–H and O–H groups in total. The number of rotatable bonds is 1. The van der Waals surface area contributed by atoms with E-state index in [4.69, 9.17) is 0 Å². The Morgan fingerprint density at radius 2 is 1.07 bits per heavy atom. The average Bonchev–Trinajstić information content (AvgIpc) is 2.64. The molecule has 0 saturated heterocycles. The van der Waals surface area contributed by atoms with Crippen LogP contribution >= 0.6 is 0 Å². The van der Waals surface area contributed by atoms with Crippen LogP contribution in [0.15, 0.2) is 66.7 Å². The zero-order valence-electron chi connectivity index (χ0n) is 18.0. The Balaban J connectivity index is 1.92. The molecule has 0 spiro atoms. The van der Waals surface area contributed by atoms with E-state index >= 15 is 0 Å². The topological polar surface area (TPSA) is 3.24 Å². The maximum atomic E-state index is 2.42. The molecule has 0 unspecified atom stereocenters. The predicted molar refractivity (Wildman–Crippen MR) is 121 cm³/mol. The summed E-state index contributed by atoms with van der Waals surface area (Å²) in [5, 5.41) is 0. The Labute approximate surface area is 170 Å². The fourth-order valence-electron chi connectivity index (χ4n) is 4.01. The minimum Gasteiger partial charge on any atom is -0.310 e. The van der Waals surface area contributed by atoms with Crippen molar-refractivity contribution in [2.45, 2.75) is 58.8 Å². The number of hydrogen-bond donors (Lipinski definition) is 0. The van der Waals surface area contributed by atoms with Crippen molar-refractivity contribution in [2.24, 2.45) is 0 Å². The van der Waals surface area contributed by atoms with Gasteiger partial charge in [0.1, 0.15) is 0 Å². The van der Waals surface area contributed by atoms with E-state index in [9.17, 15) is 0 Å². The lowest BCUT2D eigenvalue weighted by Crippen LogP contribution is -2.21. The lowest BCUT2D eigenvalue weighted by Gasteiger charge is -2.35. The van der Waals surface area contributed by atoms with Crippen molar-refractivity contribution in [1.82, 2.24) is 0 Å². The van der Waals surface area contributed by atoms with Crippen LogP contribution in [0.3, 0.4) is 0 Å². The van der Waals surface area contributed by atoms with Gasteiger partial charge in [-0.25, -0.2) is 0 Å². The molecule has 0 atom stereocenters. The molecule has 3 aromatic rings. The highest BCUT2D eigenvalue weighted by molar-refractivity contribution is 5.84. The monoisotopic (exact) mass is 369 g/mol. The highest BCUT2D eigenvalue weighted by Crippen LogP contribution is 2.45. The van der Waals surface area contributed by atoms with Crippen molar-refractivity contribution in [1.29, 1.82) is 0 Å². The number of hydrogen-bond acceptors (Lipinski definition) is 1. The lowest BCUT2D eigenvalue weighted by molar-refractivity contribution is 0.588. The van der Waals surface area contributed by atoms with E-state index in [1.54, 1.807) is 0 Å². The highest BCUT2D eigenvalue weighted by Gasteiger charge is 2.27. The average molecular weight is 370 g/mol. The Morgan fingerprint density at radius 1 is 0.607 bits per heavy atom. The van der Waals surface area contributed by atoms with Crippen LogP contribution in [0, 0.1) is 0 Å². The summed E-state index contributed by atoms with van der Waals surface area (Å²) >= 11 is 0. The highest BCUT2D eigenvalue weighted by atomic mass is 15.2. The number of anilines is 3. The van der Waals surface area contributed by atoms with E-state index in [1.807, 2.05) is 0 Å². The van der Waals surface area contributed by atoms with Gasteiger partial charge in [-0.05, 0) is 57.3 Å². The van der Waals surface area contributed by atoms with Crippen LogP contribution in [0.2, 0.25) is 0 Å². The van der Waals surface area contributed by atoms with Gasteiger partial charge in [-0.15, -0.1) is 0 Å². The van der Waals surface area contributed by atoms with Crippen molar-refractivity contribution in [2.75, 3.05) is 4.90 Å². The second-order valence-corrected chi connectivity index (χ2v) is 10.0. The first-order valence-electron chi connectivity index (χ1n) is 10.3. The summed E-state index contributed by atoms with van der Waals surface area (Å²) in [7, 11) is 0. The molecule has 0 radical (unpaired) electrons. The van der Waals surface area contributed by atoms with Crippen molar-refractivity contribution >= 4 is 17.1 Å². The second-order valence-electron chi connectivity index (χ2n) is 10.0. The number of benzene rings is 3. The van der Waals surface area contributed by atoms with Gasteiger partial charge in [0.2, 0.25) is 0 Å². The molecular weight excluding hydrogens is 338 g/mol. The van der Waals surface area contributed by atoms with Gasteiger partial charge < -0.3 is 4.90 Å². The van der Waals surface area contributed by atoms with Crippen LogP contribution in [-0.2, 0) is 17.3 Å². The van der Waals surface area contributed by atoms with Gasteiger partial charge >= 0.3 is 0 Å². The van der Waals surface area contributed by atoms with Crippen LogP contribution in [0.5, 0.6) is 0 Å². The maximum absolute atomic E-state index is 2.42. The molecule has 0 fully saturated rings. The van der Waals surface area contributed by atoms with Gasteiger partial charge in [0.05, 0.1) is 0 Å². The van der Waals surface area contributed by atoms with Crippen molar-refractivity contribution in [3.8, 4) is 0 Å². The van der Waals surface area contributed by atoms with E-state index < -0.39 is 0 Å². The standard InChI is InChI=1S/C27H31N/c1-26(2,3)21-12-14-24-19(17-21)16-20-18-22(27(4,5)6)13-15-25(20)28(24)23-10-8-7-9-11-23/h7-15,17-18H,16H2,1-6H3. The molecule has 1 aliphatic heterocycles. The molecule has 4 rings (SSSR count). The molecule has 0 aliphatic carbocycles. The van der Waals surface area contributed by atoms with Gasteiger partial charge in [-0.2, -0.15) is 0 Å². The summed E-state index contributed by atoms with van der Waals surface area (Å²) < 4.78 is 0. The van der Waals surface area contributed by atoms with Gasteiger partial charge in [-0.3, -0.25) is 0 Å². The third-order valence-corrected chi connectivity index (χ3v) is 5.77. The summed E-state index contributed by atoms with van der Waals surface area (Å²) in [5.74, 6) is 0. The van der Waals surface area contributed by atoms with E-state index in [0.717, 1.165) is 6.42 Å². The summed E-state index contributed by atoms with van der Waals surface area (Å²) in [4.78, 5) is 2.42. The minimum absolute atomic E-state index is 0.153. The van der Waals surface area contributed by atoms with Gasteiger partial charge in [0.25, 0.3) is 0 Å². The van der Waals surface area contributed by atoms with Crippen molar-refractivity contribution < 1.29 is 0 Å². The SMILES string of the molecule is CC(C)(C)c1ccc2c(c1)Cc1cc(C(C)(C)C)ccc1N2c1ccccc1. The zero-order valence-corrected chi connectivity index (χ0v) is 18.0. The molecule has 1 heteroatoms. The molecule has 144 valence electrons. The first-order valence-corrected chi connectivity index (χ1v) is 10.3. The van der Waals surface area contributed by atoms with Crippen LogP contribution in [0.4, 0.5) is 17.1 Å². The smallest absolute Gasteiger partial charge is 0.0497 e. The molecule has 0 bridgehead atoms. The summed E-state index contributed by atoms with van der Waals surface area (Å²) in [6.45, 7) is 13.7. The van der Waals surface area contributed by atoms with Gasteiger partial charge in [0.15, 0.2) is 0 Å². The van der Waals surface area contributed by atoms with Crippen molar-refractivity contribution in [3.63, 3.8) is 0 Å². The molecule has 1 aliphatic rings. The Morgan fingerprint density at radius 3 is 1.50 bits per heavy atom. The van der Waals surface area contributed by atoms with Gasteiger partial charge in [-0.1, -0.05) is 84.0 Å². The minimum atomic E-state index is 0.153. The Bertz CT molecular complexity index is 937. The molecule has 0 aromatic heterocycles. The van der Waals surface area contributed by atoms with Crippen LogP contribution in [0.1, 0.15) is 63.8 Å². The summed E-state index contributed by atoms with van der Waals surface area (Å²) in [6.07, 6.45) is 0.988. The van der Waals surface area contributed by atoms with Crippen LogP contribution in [-0.4, -0.2) is 0 Å². The number of para-hydroxylation sites is 1. The molecule has 0 saturated carbocycles. The number of nitrogens with zero attached hydrogens (tertiary/aromatic N) is 1. The number of fused-ring (bicyclic) bond motifs is 2. The third-order valence-electron chi connectivity index (χ3n) is 5.77. The van der Waals surface area contributed by atoms with E-state index in [0.29, 0.717) is 0 Å². The van der Waals surface area contributed by atoms with Crippen molar-refractivity contribution in [3.05, 3.63) is 89.0 Å². The summed E-state index contributed by atoms with van der Waals surface area (Å²) in [6, 6.07) is 24.8. The first kappa shape index (κ1) is 18.8. The third kappa shape index (κ3) is 3.35. The molecule has 3 aromatic carbocycles. The largest absolute Gasteiger partial charge is 0.310 e. The lowest BCUT2D eigenvalue weighted by atomic mass is 9.82. The van der Waals surface area contributed by atoms with E-state index in [-0.39, 0.29) is 10.8 Å². The fourth-order valence-corrected chi connectivity index (χ4v) is 4.01. The second kappa shape index (κ2) is 6.51. The molecular formula is C27H31N. The van der Waals surface area contributed by atoms with Crippen LogP contribution in [0.25, 0.3) is 0 Å². The Hall–Kier alpha value is -2.54. The normalized spacial score (nSPS) is 13.9. The first-order chi connectivity index (χ1) is 13.1. The molecule has 0 amide bonds. The molecule has 28 heavy (non-hydrogen) atoms. The van der Waals surface area contributed by atoms with E-state index in [1.165, 1.54) is 39.3 Å². The quantitative estimate of drug-likeness (QED) is 0.333.